The lowest BCUT2D eigenvalue weighted by Gasteiger charge is -2.14. The second-order valence-electron chi connectivity index (χ2n) is 7.79. The summed E-state index contributed by atoms with van der Waals surface area (Å²) in [7, 11) is 0. The normalized spacial score (nSPS) is 12.5. The first-order valence-electron chi connectivity index (χ1n) is 11.0. The Morgan fingerprint density at radius 1 is 0.968 bits per heavy atom. The van der Waals surface area contributed by atoms with Gasteiger partial charge in [0, 0.05) is 34.7 Å². The van der Waals surface area contributed by atoms with Gasteiger partial charge in [-0.05, 0) is 54.6 Å². The van der Waals surface area contributed by atoms with Crippen LogP contribution in [0.4, 0.5) is 0 Å². The van der Waals surface area contributed by atoms with Crippen molar-refractivity contribution in [3.63, 3.8) is 0 Å². The van der Waals surface area contributed by atoms with Gasteiger partial charge < -0.3 is 25.4 Å². The largest absolute Gasteiger partial charge is 0.508 e. The summed E-state index contributed by atoms with van der Waals surface area (Å²) in [5.74, 6) is 0.0514. The second-order valence-corrected chi connectivity index (χ2v) is 8.96. The van der Waals surface area contributed by atoms with Crippen molar-refractivity contribution >= 4 is 21.4 Å². The Labute approximate surface area is 188 Å². The van der Waals surface area contributed by atoms with Crippen LogP contribution >= 0.6 is 11.3 Å². The maximum atomic E-state index is 10.2. The molecule has 3 rings (SSSR count). The van der Waals surface area contributed by atoms with Crippen LogP contribution in [-0.4, -0.2) is 41.6 Å². The number of unbranched alkanes of at least 4 members (excludes halogenated alkanes) is 3. The van der Waals surface area contributed by atoms with Crippen LogP contribution in [0.15, 0.2) is 48.5 Å². The van der Waals surface area contributed by atoms with Crippen molar-refractivity contribution in [2.75, 3.05) is 26.3 Å². The fraction of sp³-hybridized carbons (Fsp3) is 0.440. The Hall–Kier alpha value is -1.96. The quantitative estimate of drug-likeness (QED) is 0.275. The third kappa shape index (κ3) is 7.59. The van der Waals surface area contributed by atoms with Crippen LogP contribution in [0.2, 0.25) is 0 Å². The first-order chi connectivity index (χ1) is 15.2. The van der Waals surface area contributed by atoms with Crippen molar-refractivity contribution < 1.29 is 20.1 Å². The molecule has 6 heteroatoms. The summed E-state index contributed by atoms with van der Waals surface area (Å²) in [6, 6.07) is 15.6. The first kappa shape index (κ1) is 23.7. The van der Waals surface area contributed by atoms with Gasteiger partial charge in [-0.2, -0.15) is 0 Å². The molecule has 1 atom stereocenters. The summed E-state index contributed by atoms with van der Waals surface area (Å²) in [6.07, 6.45) is 4.74. The summed E-state index contributed by atoms with van der Waals surface area (Å²) in [5, 5.41) is 33.6. The second kappa shape index (κ2) is 12.8. The number of hydrogen-bond acceptors (Lipinski definition) is 6. The van der Waals surface area contributed by atoms with Gasteiger partial charge in [-0.25, -0.2) is 0 Å². The minimum Gasteiger partial charge on any atom is -0.508 e. The minimum absolute atomic E-state index is 0.0514. The van der Waals surface area contributed by atoms with Crippen molar-refractivity contribution in [2.45, 2.75) is 44.8 Å². The van der Waals surface area contributed by atoms with Crippen molar-refractivity contribution in [1.82, 2.24) is 5.32 Å². The van der Waals surface area contributed by atoms with E-state index in [4.69, 9.17) is 4.74 Å². The highest BCUT2D eigenvalue weighted by Gasteiger charge is 2.09. The molecule has 168 valence electrons. The number of aliphatic hydroxyl groups is 2. The van der Waals surface area contributed by atoms with Crippen LogP contribution in [0.1, 0.15) is 47.8 Å². The summed E-state index contributed by atoms with van der Waals surface area (Å²) in [6.45, 7) is 2.66. The molecule has 0 saturated carbocycles. The highest BCUT2D eigenvalue weighted by molar-refractivity contribution is 7.19. The molecule has 3 aromatic rings. The van der Waals surface area contributed by atoms with Gasteiger partial charge >= 0.3 is 0 Å². The molecule has 2 aromatic carbocycles. The molecule has 0 radical (unpaired) electrons. The lowest BCUT2D eigenvalue weighted by Crippen LogP contribution is -2.22. The molecule has 0 saturated heterocycles. The predicted octanol–water partition coefficient (Wildman–Crippen LogP) is 4.54. The predicted molar refractivity (Wildman–Crippen MR) is 127 cm³/mol. The van der Waals surface area contributed by atoms with E-state index >= 15 is 0 Å². The average Bonchev–Trinajstić information content (AvgIpc) is 3.20. The zero-order valence-electron chi connectivity index (χ0n) is 17.9. The molecule has 31 heavy (non-hydrogen) atoms. The zero-order valence-corrected chi connectivity index (χ0v) is 18.7. The van der Waals surface area contributed by atoms with E-state index in [0.717, 1.165) is 51.9 Å². The molecular weight excluding hydrogens is 410 g/mol. The van der Waals surface area contributed by atoms with E-state index in [1.54, 1.807) is 12.1 Å². The summed E-state index contributed by atoms with van der Waals surface area (Å²) in [4.78, 5) is 1.38. The maximum absolute atomic E-state index is 10.2. The molecule has 0 aliphatic rings. The number of hydrogen-bond donors (Lipinski definition) is 4. The van der Waals surface area contributed by atoms with Crippen molar-refractivity contribution in [1.29, 1.82) is 0 Å². The fourth-order valence-corrected chi connectivity index (χ4v) is 4.58. The topological polar surface area (TPSA) is 82.0 Å². The van der Waals surface area contributed by atoms with Gasteiger partial charge in [0.05, 0.1) is 19.3 Å². The number of thiophene rings is 1. The van der Waals surface area contributed by atoms with Gasteiger partial charge in [0.15, 0.2) is 0 Å². The van der Waals surface area contributed by atoms with Crippen LogP contribution in [0.3, 0.4) is 0 Å². The summed E-state index contributed by atoms with van der Waals surface area (Å²) >= 11 is 1.85. The molecule has 1 aromatic heterocycles. The zero-order chi connectivity index (χ0) is 21.9. The average molecular weight is 444 g/mol. The smallest absolute Gasteiger partial charge is 0.121 e. The van der Waals surface area contributed by atoms with Gasteiger partial charge in [-0.15, -0.1) is 11.3 Å². The summed E-state index contributed by atoms with van der Waals surface area (Å²) in [5.41, 5.74) is 1.13. The molecule has 1 heterocycles. The first-order valence-corrected chi connectivity index (χ1v) is 11.9. The van der Waals surface area contributed by atoms with E-state index in [2.05, 4.69) is 35.6 Å². The van der Waals surface area contributed by atoms with E-state index in [1.165, 1.54) is 21.0 Å². The molecule has 0 aliphatic carbocycles. The standard InChI is InChI=1S/C25H33NO4S/c27-18-21-15-19(9-10-23(21)28)24(29)17-26-12-5-1-2-6-13-30-14-11-22-16-20-7-3-4-8-25(20)31-22/h3-4,7-10,15-16,24,26-29H,1-2,5-6,11-14,17-18H2. The van der Waals surface area contributed by atoms with Gasteiger partial charge in [-0.1, -0.05) is 37.1 Å². The number of aromatic hydroxyl groups is 1. The Balaban J connectivity index is 1.17. The molecule has 0 spiro atoms. The van der Waals surface area contributed by atoms with E-state index in [0.29, 0.717) is 17.7 Å². The molecular formula is C25H33NO4S. The van der Waals surface area contributed by atoms with E-state index < -0.39 is 6.10 Å². The van der Waals surface area contributed by atoms with Crippen LogP contribution in [0.25, 0.3) is 10.1 Å². The van der Waals surface area contributed by atoms with Crippen molar-refractivity contribution in [3.05, 3.63) is 64.5 Å². The number of fused-ring (bicyclic) bond motifs is 1. The third-order valence-electron chi connectivity index (χ3n) is 5.36. The number of aliphatic hydroxyl groups excluding tert-OH is 2. The highest BCUT2D eigenvalue weighted by atomic mass is 32.1. The molecule has 0 aliphatic heterocycles. The van der Waals surface area contributed by atoms with E-state index in [9.17, 15) is 15.3 Å². The Kier molecular flexibility index (Phi) is 9.78. The molecule has 5 nitrogen and oxygen atoms in total. The Morgan fingerprint density at radius 3 is 2.65 bits per heavy atom. The number of rotatable bonds is 14. The molecule has 0 amide bonds. The van der Waals surface area contributed by atoms with Crippen LogP contribution in [0, 0.1) is 0 Å². The van der Waals surface area contributed by atoms with Crippen LogP contribution in [0.5, 0.6) is 5.75 Å². The number of nitrogens with one attached hydrogen (secondary N) is 1. The lowest BCUT2D eigenvalue weighted by molar-refractivity contribution is 0.133. The number of benzene rings is 2. The SMILES string of the molecule is OCc1cc(C(O)CNCCCCCCOCCc2cc3ccccc3s2)ccc1O. The highest BCUT2D eigenvalue weighted by Crippen LogP contribution is 2.25. The minimum atomic E-state index is -0.653. The van der Waals surface area contributed by atoms with Crippen LogP contribution < -0.4 is 5.32 Å². The third-order valence-corrected chi connectivity index (χ3v) is 6.53. The number of phenols is 1. The maximum Gasteiger partial charge on any atom is 0.121 e. The molecule has 0 fully saturated rings. The lowest BCUT2D eigenvalue weighted by atomic mass is 10.1. The Bertz CT molecular complexity index is 894. The van der Waals surface area contributed by atoms with E-state index in [1.807, 2.05) is 11.3 Å². The van der Waals surface area contributed by atoms with Gasteiger partial charge in [0.25, 0.3) is 0 Å². The number of ether oxygens (including phenoxy) is 1. The van der Waals surface area contributed by atoms with Crippen LogP contribution in [-0.2, 0) is 17.8 Å². The van der Waals surface area contributed by atoms with Gasteiger partial charge in [-0.3, -0.25) is 0 Å². The van der Waals surface area contributed by atoms with Crippen molar-refractivity contribution in [2.24, 2.45) is 0 Å². The fourth-order valence-electron chi connectivity index (χ4n) is 3.54. The summed E-state index contributed by atoms with van der Waals surface area (Å²) < 4.78 is 7.14. The van der Waals surface area contributed by atoms with E-state index in [-0.39, 0.29) is 12.4 Å². The monoisotopic (exact) mass is 443 g/mol. The molecule has 1 unspecified atom stereocenters. The molecule has 4 N–H and O–H groups in total. The molecule has 0 bridgehead atoms. The van der Waals surface area contributed by atoms with Gasteiger partial charge in [0.1, 0.15) is 5.75 Å². The van der Waals surface area contributed by atoms with Gasteiger partial charge in [0.2, 0.25) is 0 Å². The van der Waals surface area contributed by atoms with Crippen molar-refractivity contribution in [3.8, 4) is 5.75 Å². The Morgan fingerprint density at radius 2 is 1.81 bits per heavy atom.